The van der Waals surface area contributed by atoms with E-state index in [2.05, 4.69) is 28.9 Å². The zero-order valence-electron chi connectivity index (χ0n) is 7.59. The van der Waals surface area contributed by atoms with E-state index in [4.69, 9.17) is 9.68 Å². The average Bonchev–Trinajstić information content (AvgIpc) is 2.54. The first-order valence-corrected chi connectivity index (χ1v) is 5.22. The second kappa shape index (κ2) is 5.08. The minimum absolute atomic E-state index is 0.0914. The molecule has 1 heterocycles. The van der Waals surface area contributed by atoms with Crippen LogP contribution in [-0.4, -0.2) is 0 Å². The van der Waals surface area contributed by atoms with Crippen LogP contribution in [0.15, 0.2) is 21.2 Å². The summed E-state index contributed by atoms with van der Waals surface area (Å²) in [4.78, 5) is 0. The molecule has 0 aliphatic heterocycles. The summed E-state index contributed by atoms with van der Waals surface area (Å²) in [6, 6.07) is 5.93. The van der Waals surface area contributed by atoms with E-state index in [1.807, 2.05) is 12.1 Å². The molecule has 3 heteroatoms. The number of furan rings is 1. The van der Waals surface area contributed by atoms with Gasteiger partial charge in [0.05, 0.1) is 6.07 Å². The molecule has 1 aromatic heterocycles. The molecule has 1 unspecified atom stereocenters. The highest BCUT2D eigenvalue weighted by Gasteiger charge is 2.13. The van der Waals surface area contributed by atoms with Gasteiger partial charge < -0.3 is 4.42 Å². The highest BCUT2D eigenvalue weighted by molar-refractivity contribution is 9.10. The van der Waals surface area contributed by atoms with Crippen LogP contribution < -0.4 is 0 Å². The van der Waals surface area contributed by atoms with Crippen molar-refractivity contribution in [1.29, 1.82) is 5.26 Å². The van der Waals surface area contributed by atoms with Crippen molar-refractivity contribution in [3.05, 3.63) is 22.6 Å². The van der Waals surface area contributed by atoms with Crippen molar-refractivity contribution >= 4 is 15.9 Å². The topological polar surface area (TPSA) is 36.9 Å². The molecule has 1 aromatic rings. The Hall–Kier alpha value is -0.750. The largest absolute Gasteiger partial charge is 0.453 e. The Labute approximate surface area is 86.7 Å². The Morgan fingerprint density at radius 3 is 2.85 bits per heavy atom. The summed E-state index contributed by atoms with van der Waals surface area (Å²) in [6.07, 6.45) is 3.06. The lowest BCUT2D eigenvalue weighted by molar-refractivity contribution is 0.459. The molecule has 0 amide bonds. The van der Waals surface area contributed by atoms with Crippen molar-refractivity contribution in [3.8, 4) is 6.07 Å². The summed E-state index contributed by atoms with van der Waals surface area (Å²) in [6.45, 7) is 2.12. The smallest absolute Gasteiger partial charge is 0.169 e. The van der Waals surface area contributed by atoms with E-state index in [1.165, 1.54) is 0 Å². The number of hydrogen-bond donors (Lipinski definition) is 0. The van der Waals surface area contributed by atoms with Crippen molar-refractivity contribution < 1.29 is 4.42 Å². The van der Waals surface area contributed by atoms with E-state index in [0.29, 0.717) is 4.67 Å². The second-order valence-corrected chi connectivity index (χ2v) is 3.75. The van der Waals surface area contributed by atoms with Gasteiger partial charge in [0, 0.05) is 0 Å². The zero-order chi connectivity index (χ0) is 9.68. The molecule has 0 saturated heterocycles. The van der Waals surface area contributed by atoms with Gasteiger partial charge in [-0.05, 0) is 34.5 Å². The van der Waals surface area contributed by atoms with Crippen molar-refractivity contribution in [2.24, 2.45) is 0 Å². The third-order valence-electron chi connectivity index (χ3n) is 1.94. The van der Waals surface area contributed by atoms with Crippen molar-refractivity contribution in [3.63, 3.8) is 0 Å². The molecule has 2 nitrogen and oxygen atoms in total. The van der Waals surface area contributed by atoms with Gasteiger partial charge in [-0.25, -0.2) is 0 Å². The van der Waals surface area contributed by atoms with E-state index >= 15 is 0 Å². The van der Waals surface area contributed by atoms with Crippen molar-refractivity contribution in [2.75, 3.05) is 0 Å². The van der Waals surface area contributed by atoms with Gasteiger partial charge in [-0.3, -0.25) is 0 Å². The SMILES string of the molecule is CCCCC(C#N)c1ccc(Br)o1. The zero-order valence-corrected chi connectivity index (χ0v) is 9.17. The molecule has 0 N–H and O–H groups in total. The van der Waals surface area contributed by atoms with Crippen LogP contribution in [0.25, 0.3) is 0 Å². The summed E-state index contributed by atoms with van der Waals surface area (Å²) >= 11 is 3.22. The van der Waals surface area contributed by atoms with Gasteiger partial charge in [0.15, 0.2) is 4.67 Å². The number of nitriles is 1. The van der Waals surface area contributed by atoms with Crippen LogP contribution in [0.2, 0.25) is 0 Å². The molecular weight excluding hydrogens is 230 g/mol. The lowest BCUT2D eigenvalue weighted by atomic mass is 10.0. The third-order valence-corrected chi connectivity index (χ3v) is 2.37. The van der Waals surface area contributed by atoms with Crippen LogP contribution in [0.5, 0.6) is 0 Å². The molecular formula is C10H12BrNO. The number of hydrogen-bond acceptors (Lipinski definition) is 2. The normalized spacial score (nSPS) is 12.4. The van der Waals surface area contributed by atoms with Crippen molar-refractivity contribution in [2.45, 2.75) is 32.1 Å². The molecule has 70 valence electrons. The van der Waals surface area contributed by atoms with E-state index in [0.717, 1.165) is 25.0 Å². The van der Waals surface area contributed by atoms with Crippen LogP contribution in [0, 0.1) is 11.3 Å². The van der Waals surface area contributed by atoms with Crippen LogP contribution in [0.3, 0.4) is 0 Å². The number of nitrogens with zero attached hydrogens (tertiary/aromatic N) is 1. The fourth-order valence-electron chi connectivity index (χ4n) is 1.19. The number of unbranched alkanes of at least 4 members (excludes halogenated alkanes) is 1. The predicted molar refractivity (Wildman–Crippen MR) is 54.3 cm³/mol. The van der Waals surface area contributed by atoms with Crippen LogP contribution in [0.1, 0.15) is 37.9 Å². The van der Waals surface area contributed by atoms with Gasteiger partial charge >= 0.3 is 0 Å². The summed E-state index contributed by atoms with van der Waals surface area (Å²) in [5, 5.41) is 8.89. The first kappa shape index (κ1) is 10.3. The maximum atomic E-state index is 8.89. The molecule has 0 fully saturated rings. The monoisotopic (exact) mass is 241 g/mol. The Kier molecular flexibility index (Phi) is 4.04. The molecule has 0 aliphatic carbocycles. The van der Waals surface area contributed by atoms with Crippen LogP contribution in [0.4, 0.5) is 0 Å². The summed E-state index contributed by atoms with van der Waals surface area (Å²) in [5.74, 6) is 0.675. The molecule has 1 atom stereocenters. The van der Waals surface area contributed by atoms with Gasteiger partial charge in [0.25, 0.3) is 0 Å². The standard InChI is InChI=1S/C10H12BrNO/c1-2-3-4-8(7-12)9-5-6-10(11)13-9/h5-6,8H,2-4H2,1H3. The van der Waals surface area contributed by atoms with E-state index in [-0.39, 0.29) is 5.92 Å². The molecule has 0 aliphatic rings. The minimum Gasteiger partial charge on any atom is -0.453 e. The quantitative estimate of drug-likeness (QED) is 0.804. The molecule has 13 heavy (non-hydrogen) atoms. The average molecular weight is 242 g/mol. The van der Waals surface area contributed by atoms with E-state index in [9.17, 15) is 0 Å². The van der Waals surface area contributed by atoms with Crippen LogP contribution >= 0.6 is 15.9 Å². The lowest BCUT2D eigenvalue weighted by Gasteiger charge is -2.03. The van der Waals surface area contributed by atoms with E-state index in [1.54, 1.807) is 0 Å². The Bertz CT molecular complexity index is 300. The van der Waals surface area contributed by atoms with Gasteiger partial charge in [-0.1, -0.05) is 19.8 Å². The summed E-state index contributed by atoms with van der Waals surface area (Å²) < 4.78 is 6.02. The highest BCUT2D eigenvalue weighted by atomic mass is 79.9. The minimum atomic E-state index is -0.0914. The fourth-order valence-corrected chi connectivity index (χ4v) is 1.51. The first-order valence-electron chi connectivity index (χ1n) is 4.42. The summed E-state index contributed by atoms with van der Waals surface area (Å²) in [5.41, 5.74) is 0. The Balaban J connectivity index is 2.63. The van der Waals surface area contributed by atoms with Gasteiger partial charge in [0.2, 0.25) is 0 Å². The Morgan fingerprint density at radius 1 is 1.62 bits per heavy atom. The molecule has 1 rings (SSSR count). The molecule has 0 aromatic carbocycles. The highest BCUT2D eigenvalue weighted by Crippen LogP contribution is 2.25. The molecule has 0 bridgehead atoms. The first-order chi connectivity index (χ1) is 6.27. The maximum Gasteiger partial charge on any atom is 0.169 e. The molecule has 0 saturated carbocycles. The lowest BCUT2D eigenvalue weighted by Crippen LogP contribution is -1.92. The number of halogens is 1. The van der Waals surface area contributed by atoms with Crippen molar-refractivity contribution in [1.82, 2.24) is 0 Å². The molecule has 0 spiro atoms. The third kappa shape index (κ3) is 2.89. The molecule has 0 radical (unpaired) electrons. The Morgan fingerprint density at radius 2 is 2.38 bits per heavy atom. The van der Waals surface area contributed by atoms with E-state index < -0.39 is 0 Å². The predicted octanol–water partition coefficient (Wildman–Crippen LogP) is 3.84. The fraction of sp³-hybridized carbons (Fsp3) is 0.500. The van der Waals surface area contributed by atoms with Crippen LogP contribution in [-0.2, 0) is 0 Å². The number of rotatable bonds is 4. The maximum absolute atomic E-state index is 8.89. The summed E-state index contributed by atoms with van der Waals surface area (Å²) in [7, 11) is 0. The van der Waals surface area contributed by atoms with Gasteiger partial charge in [0.1, 0.15) is 11.7 Å². The van der Waals surface area contributed by atoms with Gasteiger partial charge in [-0.15, -0.1) is 0 Å². The second-order valence-electron chi connectivity index (χ2n) is 2.97. The van der Waals surface area contributed by atoms with Gasteiger partial charge in [-0.2, -0.15) is 5.26 Å².